The van der Waals surface area contributed by atoms with Crippen LogP contribution in [0.3, 0.4) is 0 Å². The lowest BCUT2D eigenvalue weighted by Crippen LogP contribution is -2.34. The Labute approximate surface area is 204 Å². The van der Waals surface area contributed by atoms with Crippen molar-refractivity contribution < 1.29 is 9.21 Å². The van der Waals surface area contributed by atoms with Crippen LogP contribution in [-0.4, -0.2) is 16.0 Å². The van der Waals surface area contributed by atoms with Gasteiger partial charge < -0.3 is 9.73 Å². The minimum Gasteiger partial charge on any atom is -0.451 e. The first-order valence-electron chi connectivity index (χ1n) is 10.00. The predicted octanol–water partition coefficient (Wildman–Crippen LogP) is 7.00. The number of thiazole rings is 1. The lowest BCUT2D eigenvalue weighted by atomic mass is 10.2. The molecule has 0 aliphatic carbocycles. The summed E-state index contributed by atoms with van der Waals surface area (Å²) in [6.45, 7) is 0. The molecule has 2 heterocycles. The number of anilines is 1. The van der Waals surface area contributed by atoms with Gasteiger partial charge in [0.15, 0.2) is 10.9 Å². The number of aromatic nitrogens is 1. The van der Waals surface area contributed by atoms with Gasteiger partial charge in [-0.25, -0.2) is 4.98 Å². The molecule has 1 amide bonds. The summed E-state index contributed by atoms with van der Waals surface area (Å²) in [6, 6.07) is 26.2. The number of rotatable bonds is 4. The maximum atomic E-state index is 12.7. The van der Waals surface area contributed by atoms with Gasteiger partial charge in [-0.3, -0.25) is 10.1 Å². The highest BCUT2D eigenvalue weighted by atomic mass is 35.5. The number of fused-ring (bicyclic) bond motifs is 1. The van der Waals surface area contributed by atoms with Crippen LogP contribution in [0.15, 0.2) is 89.3 Å². The summed E-state index contributed by atoms with van der Waals surface area (Å²) in [5, 5.41) is 7.44. The van der Waals surface area contributed by atoms with Gasteiger partial charge in [-0.1, -0.05) is 35.9 Å². The number of furan rings is 1. The van der Waals surface area contributed by atoms with Crippen LogP contribution < -0.4 is 10.6 Å². The molecule has 5 nitrogen and oxygen atoms in total. The maximum absolute atomic E-state index is 12.7. The quantitative estimate of drug-likeness (QED) is 0.266. The molecular formula is C25H16ClN3O2S2. The molecule has 0 atom stereocenters. The molecule has 33 heavy (non-hydrogen) atoms. The van der Waals surface area contributed by atoms with Crippen LogP contribution in [0.2, 0.25) is 5.02 Å². The van der Waals surface area contributed by atoms with Crippen LogP contribution in [0, 0.1) is 0 Å². The number of para-hydroxylation sites is 2. The Morgan fingerprint density at radius 1 is 0.939 bits per heavy atom. The van der Waals surface area contributed by atoms with Crippen molar-refractivity contribution in [1.82, 2.24) is 10.3 Å². The Morgan fingerprint density at radius 2 is 1.70 bits per heavy atom. The average Bonchev–Trinajstić information content (AvgIpc) is 3.47. The van der Waals surface area contributed by atoms with Crippen LogP contribution in [0.5, 0.6) is 0 Å². The molecule has 162 valence electrons. The van der Waals surface area contributed by atoms with E-state index in [0.717, 1.165) is 32.0 Å². The van der Waals surface area contributed by atoms with Gasteiger partial charge in [0.1, 0.15) is 10.8 Å². The largest absolute Gasteiger partial charge is 0.451 e. The molecule has 2 N–H and O–H groups in total. The summed E-state index contributed by atoms with van der Waals surface area (Å²) in [7, 11) is 0. The highest BCUT2D eigenvalue weighted by molar-refractivity contribution is 7.80. The summed E-state index contributed by atoms with van der Waals surface area (Å²) >= 11 is 12.9. The van der Waals surface area contributed by atoms with Crippen molar-refractivity contribution in [2.75, 3.05) is 5.32 Å². The fourth-order valence-electron chi connectivity index (χ4n) is 3.31. The second-order valence-electron chi connectivity index (χ2n) is 7.11. The molecule has 8 heteroatoms. The Morgan fingerprint density at radius 3 is 2.52 bits per heavy atom. The normalized spacial score (nSPS) is 10.8. The zero-order valence-corrected chi connectivity index (χ0v) is 19.4. The third kappa shape index (κ3) is 4.66. The summed E-state index contributed by atoms with van der Waals surface area (Å²) in [5.41, 5.74) is 3.42. The molecule has 0 aliphatic heterocycles. The van der Waals surface area contributed by atoms with E-state index in [9.17, 15) is 4.79 Å². The van der Waals surface area contributed by atoms with Crippen LogP contribution in [0.1, 0.15) is 10.6 Å². The zero-order chi connectivity index (χ0) is 22.8. The molecule has 3 aromatic carbocycles. The maximum Gasteiger partial charge on any atom is 0.293 e. The predicted molar refractivity (Wildman–Crippen MR) is 138 cm³/mol. The average molecular weight is 490 g/mol. The Hall–Kier alpha value is -3.52. The lowest BCUT2D eigenvalue weighted by Gasteiger charge is -2.11. The first-order chi connectivity index (χ1) is 16.1. The van der Waals surface area contributed by atoms with Crippen molar-refractivity contribution in [2.24, 2.45) is 0 Å². The minimum atomic E-state index is -0.440. The van der Waals surface area contributed by atoms with Crippen molar-refractivity contribution in [1.29, 1.82) is 0 Å². The molecule has 2 aromatic heterocycles. The van der Waals surface area contributed by atoms with E-state index in [0.29, 0.717) is 10.8 Å². The first kappa shape index (κ1) is 21.3. The first-order valence-corrected chi connectivity index (χ1v) is 11.6. The second kappa shape index (κ2) is 9.15. The van der Waals surface area contributed by atoms with Gasteiger partial charge >= 0.3 is 0 Å². The molecule has 0 aliphatic rings. The monoisotopic (exact) mass is 489 g/mol. The number of carbonyl (C=O) groups excluding carboxylic acids is 1. The van der Waals surface area contributed by atoms with Gasteiger partial charge in [-0.05, 0) is 72.9 Å². The van der Waals surface area contributed by atoms with Crippen LogP contribution in [0.25, 0.3) is 32.1 Å². The molecule has 5 aromatic rings. The second-order valence-corrected chi connectivity index (χ2v) is 8.99. The van der Waals surface area contributed by atoms with E-state index in [2.05, 4.69) is 10.6 Å². The number of carbonyl (C=O) groups is 1. The van der Waals surface area contributed by atoms with Gasteiger partial charge in [0.25, 0.3) is 5.91 Å². The van der Waals surface area contributed by atoms with E-state index < -0.39 is 5.91 Å². The summed E-state index contributed by atoms with van der Waals surface area (Å²) in [6.07, 6.45) is 0. The lowest BCUT2D eigenvalue weighted by molar-refractivity contribution is 0.0951. The van der Waals surface area contributed by atoms with Gasteiger partial charge in [0, 0.05) is 16.1 Å². The van der Waals surface area contributed by atoms with Gasteiger partial charge in [0.2, 0.25) is 0 Å². The number of hydrogen-bond acceptors (Lipinski definition) is 5. The van der Waals surface area contributed by atoms with Crippen molar-refractivity contribution in [2.45, 2.75) is 0 Å². The third-order valence-corrected chi connectivity index (χ3v) is 6.41. The number of nitrogens with one attached hydrogen (secondary N) is 2. The Balaban J connectivity index is 1.31. The van der Waals surface area contributed by atoms with Crippen LogP contribution in [0.4, 0.5) is 5.69 Å². The van der Waals surface area contributed by atoms with E-state index in [4.69, 9.17) is 33.2 Å². The molecule has 0 radical (unpaired) electrons. The molecule has 0 bridgehead atoms. The van der Waals surface area contributed by atoms with E-state index in [1.807, 2.05) is 60.7 Å². The van der Waals surface area contributed by atoms with Gasteiger partial charge in [-0.15, -0.1) is 11.3 Å². The summed E-state index contributed by atoms with van der Waals surface area (Å²) < 4.78 is 6.80. The fourth-order valence-corrected chi connectivity index (χ4v) is 4.65. The highest BCUT2D eigenvalue weighted by Crippen LogP contribution is 2.34. The van der Waals surface area contributed by atoms with E-state index >= 15 is 0 Å². The molecule has 5 rings (SSSR count). The topological polar surface area (TPSA) is 67.2 Å². The van der Waals surface area contributed by atoms with E-state index in [1.165, 1.54) is 0 Å². The zero-order valence-electron chi connectivity index (χ0n) is 17.0. The van der Waals surface area contributed by atoms with E-state index in [1.54, 1.807) is 35.6 Å². The molecule has 0 saturated carbocycles. The number of thiocarbonyl (C=S) groups is 1. The highest BCUT2D eigenvalue weighted by Gasteiger charge is 2.16. The molecule has 0 fully saturated rings. The number of amides is 1. The number of halogens is 1. The van der Waals surface area contributed by atoms with Crippen molar-refractivity contribution in [3.8, 4) is 21.9 Å². The Kier molecular flexibility index (Phi) is 5.92. The smallest absolute Gasteiger partial charge is 0.293 e. The van der Waals surface area contributed by atoms with Crippen molar-refractivity contribution in [3.63, 3.8) is 0 Å². The van der Waals surface area contributed by atoms with Crippen LogP contribution >= 0.6 is 35.2 Å². The summed E-state index contributed by atoms with van der Waals surface area (Å²) in [4.78, 5) is 17.4. The van der Waals surface area contributed by atoms with Gasteiger partial charge in [0.05, 0.1) is 15.9 Å². The van der Waals surface area contributed by atoms with Crippen LogP contribution in [-0.2, 0) is 0 Å². The summed E-state index contributed by atoms with van der Waals surface area (Å²) in [5.74, 6) is 0.283. The van der Waals surface area contributed by atoms with Gasteiger partial charge in [-0.2, -0.15) is 0 Å². The molecule has 0 saturated heterocycles. The standard InChI is InChI=1S/C25H16ClN3O2S2/c26-16-11-9-15(10-12-16)20-13-14-21(31-20)23(30)29-25(32)28-18-6-2-1-5-17(18)24-27-19-7-3-4-8-22(19)33-24/h1-14H,(H2,28,29,30,32). The fraction of sp³-hybridized carbons (Fsp3) is 0. The Bertz CT molecular complexity index is 1440. The SMILES string of the molecule is O=C(NC(=S)Nc1ccccc1-c1nc2ccccc2s1)c1ccc(-c2ccc(Cl)cc2)o1. The molecule has 0 spiro atoms. The van der Waals surface area contributed by atoms with Crippen molar-refractivity contribution in [3.05, 3.63) is 95.7 Å². The number of nitrogens with zero attached hydrogens (tertiary/aromatic N) is 1. The molecule has 0 unspecified atom stereocenters. The minimum absolute atomic E-state index is 0.156. The number of benzene rings is 3. The van der Waals surface area contributed by atoms with Crippen molar-refractivity contribution >= 4 is 62.1 Å². The third-order valence-electron chi connectivity index (χ3n) is 4.89. The number of hydrogen-bond donors (Lipinski definition) is 2. The van der Waals surface area contributed by atoms with E-state index in [-0.39, 0.29) is 10.9 Å². The molecular weight excluding hydrogens is 474 g/mol.